The van der Waals surface area contributed by atoms with E-state index in [0.717, 1.165) is 0 Å². The number of rotatable bonds is 3. The van der Waals surface area contributed by atoms with Gasteiger partial charge in [-0.05, 0) is 36.4 Å². The summed E-state index contributed by atoms with van der Waals surface area (Å²) in [6.07, 6.45) is 2.96. The molecule has 86 valence electrons. The molecule has 0 atom stereocenters. The van der Waals surface area contributed by atoms with E-state index in [-0.39, 0.29) is 5.91 Å². The highest BCUT2D eigenvalue weighted by Gasteiger charge is 2.02. The molecule has 1 amide bonds. The van der Waals surface area contributed by atoms with E-state index in [1.54, 1.807) is 36.4 Å². The Morgan fingerprint density at radius 1 is 1.29 bits per heavy atom. The Morgan fingerprint density at radius 3 is 2.71 bits per heavy atom. The van der Waals surface area contributed by atoms with Crippen molar-refractivity contribution in [1.29, 1.82) is 0 Å². The fourth-order valence-electron chi connectivity index (χ4n) is 1.22. The maximum atomic E-state index is 11.6. The van der Waals surface area contributed by atoms with Gasteiger partial charge in [-0.3, -0.25) is 4.79 Å². The number of furan rings is 1. The number of carbonyl (C=O) groups is 1. The highest BCUT2D eigenvalue weighted by atomic mass is 16.3. The van der Waals surface area contributed by atoms with Gasteiger partial charge in [0.25, 0.3) is 5.91 Å². The van der Waals surface area contributed by atoms with Crippen LogP contribution in [-0.4, -0.2) is 12.1 Å². The Kier molecular flexibility index (Phi) is 3.20. The molecule has 1 heterocycles. The van der Waals surface area contributed by atoms with E-state index in [0.29, 0.717) is 17.0 Å². The molecule has 1 aromatic heterocycles. The number of hydrogen-bond donors (Lipinski definition) is 2. The zero-order valence-corrected chi connectivity index (χ0v) is 8.96. The summed E-state index contributed by atoms with van der Waals surface area (Å²) < 4.78 is 5.02. The Balaban J connectivity index is 1.96. The molecule has 5 heteroatoms. The molecule has 1 aromatic carbocycles. The van der Waals surface area contributed by atoms with Gasteiger partial charge in [-0.2, -0.15) is 5.10 Å². The van der Waals surface area contributed by atoms with Crippen molar-refractivity contribution in [2.75, 3.05) is 5.73 Å². The van der Waals surface area contributed by atoms with E-state index >= 15 is 0 Å². The Hall–Kier alpha value is -2.56. The van der Waals surface area contributed by atoms with Crippen LogP contribution < -0.4 is 11.2 Å². The average molecular weight is 229 g/mol. The molecular weight excluding hydrogens is 218 g/mol. The van der Waals surface area contributed by atoms with E-state index in [2.05, 4.69) is 10.5 Å². The summed E-state index contributed by atoms with van der Waals surface area (Å²) in [7, 11) is 0. The van der Waals surface area contributed by atoms with Gasteiger partial charge in [-0.1, -0.05) is 0 Å². The quantitative estimate of drug-likeness (QED) is 0.476. The van der Waals surface area contributed by atoms with E-state index in [1.807, 2.05) is 0 Å². The lowest BCUT2D eigenvalue weighted by Crippen LogP contribution is -2.17. The molecule has 2 rings (SSSR count). The van der Waals surface area contributed by atoms with Crippen LogP contribution in [0.5, 0.6) is 0 Å². The maximum absolute atomic E-state index is 11.6. The normalized spacial score (nSPS) is 10.6. The predicted molar refractivity (Wildman–Crippen MR) is 64.6 cm³/mol. The number of benzene rings is 1. The van der Waals surface area contributed by atoms with Gasteiger partial charge in [0.05, 0.1) is 12.5 Å². The second kappa shape index (κ2) is 4.98. The van der Waals surface area contributed by atoms with Crippen molar-refractivity contribution in [2.24, 2.45) is 5.10 Å². The molecule has 3 N–H and O–H groups in total. The molecule has 17 heavy (non-hydrogen) atoms. The van der Waals surface area contributed by atoms with Crippen molar-refractivity contribution in [2.45, 2.75) is 0 Å². The SMILES string of the molecule is Nc1ccc(C(=O)NN=Cc2ccco2)cc1. The van der Waals surface area contributed by atoms with Crippen molar-refractivity contribution in [3.8, 4) is 0 Å². The van der Waals surface area contributed by atoms with E-state index < -0.39 is 0 Å². The number of anilines is 1. The first kappa shape index (κ1) is 10.9. The van der Waals surface area contributed by atoms with Crippen LogP contribution in [0.3, 0.4) is 0 Å². The molecular formula is C12H11N3O2. The molecule has 0 unspecified atom stereocenters. The second-order valence-corrected chi connectivity index (χ2v) is 3.34. The number of nitrogens with zero attached hydrogens (tertiary/aromatic N) is 1. The second-order valence-electron chi connectivity index (χ2n) is 3.34. The third-order valence-corrected chi connectivity index (χ3v) is 2.07. The topological polar surface area (TPSA) is 80.6 Å². The number of hydrogen-bond acceptors (Lipinski definition) is 4. The number of hydrazone groups is 1. The first-order valence-corrected chi connectivity index (χ1v) is 4.98. The fraction of sp³-hybridized carbons (Fsp3) is 0. The molecule has 0 aliphatic rings. The first-order chi connectivity index (χ1) is 8.25. The van der Waals surface area contributed by atoms with Gasteiger partial charge in [0.2, 0.25) is 0 Å². The molecule has 5 nitrogen and oxygen atoms in total. The number of nitrogens with one attached hydrogen (secondary N) is 1. The van der Waals surface area contributed by atoms with Gasteiger partial charge in [0.15, 0.2) is 0 Å². The molecule has 0 aliphatic heterocycles. The van der Waals surface area contributed by atoms with Crippen LogP contribution in [0.15, 0.2) is 52.2 Å². The molecule has 0 bridgehead atoms. The Morgan fingerprint density at radius 2 is 2.06 bits per heavy atom. The van der Waals surface area contributed by atoms with Gasteiger partial charge < -0.3 is 10.2 Å². The number of carbonyl (C=O) groups excluding carboxylic acids is 1. The van der Waals surface area contributed by atoms with Crippen molar-refractivity contribution >= 4 is 17.8 Å². The Bertz CT molecular complexity index is 515. The lowest BCUT2D eigenvalue weighted by Gasteiger charge is -1.99. The van der Waals surface area contributed by atoms with Gasteiger partial charge in [0, 0.05) is 11.3 Å². The van der Waals surface area contributed by atoms with Crippen molar-refractivity contribution in [3.05, 3.63) is 54.0 Å². The average Bonchev–Trinajstić information content (AvgIpc) is 2.83. The third kappa shape index (κ3) is 2.94. The van der Waals surface area contributed by atoms with Crippen LogP contribution in [0, 0.1) is 0 Å². The van der Waals surface area contributed by atoms with Crippen LogP contribution in [0.1, 0.15) is 16.1 Å². The number of amides is 1. The lowest BCUT2D eigenvalue weighted by atomic mass is 10.2. The van der Waals surface area contributed by atoms with Crippen LogP contribution in [0.2, 0.25) is 0 Å². The number of nitrogen functional groups attached to an aromatic ring is 1. The molecule has 0 radical (unpaired) electrons. The van der Waals surface area contributed by atoms with Crippen LogP contribution in [-0.2, 0) is 0 Å². The molecule has 0 saturated heterocycles. The fourth-order valence-corrected chi connectivity index (χ4v) is 1.22. The summed E-state index contributed by atoms with van der Waals surface area (Å²) in [5, 5.41) is 3.76. The molecule has 0 aliphatic carbocycles. The first-order valence-electron chi connectivity index (χ1n) is 4.98. The van der Waals surface area contributed by atoms with Crippen molar-refractivity contribution in [1.82, 2.24) is 5.43 Å². The summed E-state index contributed by atoms with van der Waals surface area (Å²) in [6.45, 7) is 0. The highest BCUT2D eigenvalue weighted by molar-refractivity contribution is 5.94. The minimum atomic E-state index is -0.298. The van der Waals surface area contributed by atoms with E-state index in [9.17, 15) is 4.79 Å². The summed E-state index contributed by atoms with van der Waals surface area (Å²) in [5.41, 5.74) is 9.01. The standard InChI is InChI=1S/C12H11N3O2/c13-10-5-3-9(4-6-10)12(16)15-14-8-11-2-1-7-17-11/h1-8H,13H2,(H,15,16). The lowest BCUT2D eigenvalue weighted by molar-refractivity contribution is 0.0955. The third-order valence-electron chi connectivity index (χ3n) is 2.07. The summed E-state index contributed by atoms with van der Waals surface area (Å²) in [6, 6.07) is 10.1. The van der Waals surface area contributed by atoms with Crippen LogP contribution >= 0.6 is 0 Å². The van der Waals surface area contributed by atoms with Crippen LogP contribution in [0.4, 0.5) is 5.69 Å². The minimum absolute atomic E-state index is 0.298. The van der Waals surface area contributed by atoms with Crippen LogP contribution in [0.25, 0.3) is 0 Å². The zero-order chi connectivity index (χ0) is 12.1. The largest absolute Gasteiger partial charge is 0.463 e. The zero-order valence-electron chi connectivity index (χ0n) is 8.96. The van der Waals surface area contributed by atoms with Crippen molar-refractivity contribution in [3.63, 3.8) is 0 Å². The highest BCUT2D eigenvalue weighted by Crippen LogP contribution is 2.05. The molecule has 0 spiro atoms. The van der Waals surface area contributed by atoms with Gasteiger partial charge >= 0.3 is 0 Å². The maximum Gasteiger partial charge on any atom is 0.271 e. The molecule has 2 aromatic rings. The predicted octanol–water partition coefficient (Wildman–Crippen LogP) is 1.63. The minimum Gasteiger partial charge on any atom is -0.463 e. The Labute approximate surface area is 97.9 Å². The summed E-state index contributed by atoms with van der Waals surface area (Å²) in [4.78, 5) is 11.6. The molecule has 0 fully saturated rings. The monoisotopic (exact) mass is 229 g/mol. The van der Waals surface area contributed by atoms with E-state index in [1.165, 1.54) is 12.5 Å². The van der Waals surface area contributed by atoms with Gasteiger partial charge in [-0.25, -0.2) is 5.43 Å². The smallest absolute Gasteiger partial charge is 0.271 e. The van der Waals surface area contributed by atoms with E-state index in [4.69, 9.17) is 10.2 Å². The van der Waals surface area contributed by atoms with Gasteiger partial charge in [-0.15, -0.1) is 0 Å². The summed E-state index contributed by atoms with van der Waals surface area (Å²) >= 11 is 0. The summed E-state index contributed by atoms with van der Waals surface area (Å²) in [5.74, 6) is 0.274. The number of nitrogens with two attached hydrogens (primary N) is 1. The molecule has 0 saturated carbocycles. The van der Waals surface area contributed by atoms with Crippen molar-refractivity contribution < 1.29 is 9.21 Å². The van der Waals surface area contributed by atoms with Gasteiger partial charge in [0.1, 0.15) is 5.76 Å².